The molecular formula is C62H81Cl3N10O6S2. The Morgan fingerprint density at radius 1 is 0.542 bits per heavy atom. The number of nitrogens with zero attached hydrogens (tertiary/aromatic N) is 6. The Kier molecular flexibility index (Phi) is 21.9. The summed E-state index contributed by atoms with van der Waals surface area (Å²) in [7, 11) is -3.62. The molecule has 83 heavy (non-hydrogen) atoms. The van der Waals surface area contributed by atoms with Gasteiger partial charge in [0.1, 0.15) is 21.5 Å². The van der Waals surface area contributed by atoms with E-state index >= 15 is 0 Å². The second kappa shape index (κ2) is 28.6. The van der Waals surface area contributed by atoms with Crippen LogP contribution in [-0.2, 0) is 30.5 Å². The van der Waals surface area contributed by atoms with E-state index in [1.165, 1.54) is 152 Å². The van der Waals surface area contributed by atoms with E-state index < -0.39 is 30.2 Å². The number of hydrogen-bond donors (Lipinski definition) is 4. The lowest BCUT2D eigenvalue weighted by Gasteiger charge is -2.38. The van der Waals surface area contributed by atoms with E-state index in [1.807, 2.05) is 12.1 Å². The van der Waals surface area contributed by atoms with Crippen LogP contribution in [0.1, 0.15) is 129 Å². The quantitative estimate of drug-likeness (QED) is 0.0466. The van der Waals surface area contributed by atoms with Gasteiger partial charge in [-0.15, -0.1) is 0 Å². The molecule has 10 rings (SSSR count). The highest BCUT2D eigenvalue weighted by molar-refractivity contribution is 7.92. The minimum absolute atomic E-state index is 0.0195. The van der Waals surface area contributed by atoms with Crippen LogP contribution in [0, 0.1) is 0 Å². The van der Waals surface area contributed by atoms with Crippen LogP contribution in [0.3, 0.4) is 0 Å². The number of piperidine rings is 2. The number of rotatable bonds is 18. The highest BCUT2D eigenvalue weighted by atomic mass is 35.5. The van der Waals surface area contributed by atoms with Gasteiger partial charge in [-0.2, -0.15) is 9.97 Å². The van der Waals surface area contributed by atoms with Crippen molar-refractivity contribution in [3.8, 4) is 11.5 Å². The second-order valence-electron chi connectivity index (χ2n) is 22.8. The first-order chi connectivity index (χ1) is 39.8. The summed E-state index contributed by atoms with van der Waals surface area (Å²) in [6.07, 6.45) is 21.0. The standard InChI is InChI=1S/C31H40ClN5O3S.C18H28N2O.C13H13Cl2N3O2S/c1-22(2)41(38,39)28-12-6-5-11-25(28)34-29-24(32)20-33-30(36-29)35-26-19-23(13-14-27(26)40-3)31(15-7-8-16-31)21-37-17-9-4-10-18-37;1-21-17-8-7-15(13-16(17)19)18(9-3-4-10-18)14-20-11-5-2-6-12-20;1-8(2)21(19,20)11-6-4-3-5-10(11)17-12-9(14)7-16-13(15)18-12/h5-6,11-14,19-20,22H,4,7-10,15-18,21H2,1-3H3,(H2,33,34,35,36);7-8,13H,2-6,9-12,14,19H2,1H3;3-8H,1-2H3,(H,16,17,18). The van der Waals surface area contributed by atoms with E-state index in [4.69, 9.17) is 50.0 Å². The maximum atomic E-state index is 13.0. The number of nitrogen functional groups attached to an aromatic ring is 1. The van der Waals surface area contributed by atoms with Crippen molar-refractivity contribution in [2.24, 2.45) is 0 Å². The molecule has 2 saturated heterocycles. The van der Waals surface area contributed by atoms with E-state index in [1.54, 1.807) is 84.4 Å². The van der Waals surface area contributed by atoms with Gasteiger partial charge in [0.05, 0.1) is 69.7 Å². The van der Waals surface area contributed by atoms with Gasteiger partial charge in [0.25, 0.3) is 0 Å². The SMILES string of the molecule is CC(C)S(=O)(=O)c1ccccc1Nc1nc(Cl)ncc1Cl.COc1ccc(C2(CN3CCCCC3)CCCC2)cc1N.COc1ccc(C2(CN3CCCCC3)CCCC2)cc1Nc1ncc(Cl)c(Nc2ccccc2S(=O)(=O)C(C)C)n1. The van der Waals surface area contributed by atoms with Crippen LogP contribution in [0.4, 0.5) is 40.3 Å². The largest absolute Gasteiger partial charge is 0.495 e. The minimum atomic E-state index is -3.52. The lowest BCUT2D eigenvalue weighted by molar-refractivity contribution is 0.176. The lowest BCUT2D eigenvalue weighted by Crippen LogP contribution is -2.41. The third-order valence-electron chi connectivity index (χ3n) is 16.6. The number of ether oxygens (including phenoxy) is 2. The molecule has 2 aliphatic heterocycles. The maximum Gasteiger partial charge on any atom is 0.229 e. The van der Waals surface area contributed by atoms with Gasteiger partial charge in [-0.05, 0) is 176 Å². The zero-order valence-electron chi connectivity index (χ0n) is 48.7. The number of nitrogens with one attached hydrogen (secondary N) is 3. The molecule has 21 heteroatoms. The average Bonchev–Trinajstić information content (AvgIpc) is 4.30. The Labute approximate surface area is 506 Å². The number of halogens is 3. The van der Waals surface area contributed by atoms with Crippen LogP contribution < -0.4 is 31.2 Å². The van der Waals surface area contributed by atoms with Crippen LogP contribution in [0.2, 0.25) is 15.3 Å². The van der Waals surface area contributed by atoms with Gasteiger partial charge in [-0.25, -0.2) is 26.8 Å². The maximum absolute atomic E-state index is 13.0. The molecule has 0 atom stereocenters. The third-order valence-corrected chi connectivity index (χ3v) is 21.7. The van der Waals surface area contributed by atoms with Crippen LogP contribution in [0.25, 0.3) is 0 Å². The fourth-order valence-corrected chi connectivity index (χ4v) is 14.8. The van der Waals surface area contributed by atoms with Crippen molar-refractivity contribution in [1.82, 2.24) is 29.7 Å². The van der Waals surface area contributed by atoms with Gasteiger partial charge in [0.2, 0.25) is 11.2 Å². The average molecular weight is 1230 g/mol. The summed E-state index contributed by atoms with van der Waals surface area (Å²) in [5.41, 5.74) is 11.7. The number of para-hydroxylation sites is 2. The molecule has 6 aromatic rings. The first kappa shape index (κ1) is 63.5. The van der Waals surface area contributed by atoms with Gasteiger partial charge in [-0.1, -0.05) is 98.1 Å². The first-order valence-corrected chi connectivity index (χ1v) is 33.2. The molecule has 0 radical (unpaired) electrons. The van der Waals surface area contributed by atoms with Crippen LogP contribution in [0.15, 0.2) is 107 Å². The zero-order valence-corrected chi connectivity index (χ0v) is 52.6. The Balaban J connectivity index is 0.000000180. The van der Waals surface area contributed by atoms with Gasteiger partial charge in [0.15, 0.2) is 31.3 Å². The van der Waals surface area contributed by atoms with Crippen LogP contribution in [-0.4, -0.2) is 111 Å². The number of methoxy groups -OCH3 is 2. The first-order valence-electron chi connectivity index (χ1n) is 29.0. The number of sulfone groups is 2. The molecule has 0 amide bonds. The third kappa shape index (κ3) is 15.7. The van der Waals surface area contributed by atoms with Crippen molar-refractivity contribution >= 4 is 94.8 Å². The Bertz CT molecular complexity index is 3370. The van der Waals surface area contributed by atoms with Gasteiger partial charge < -0.3 is 41.0 Å². The highest BCUT2D eigenvalue weighted by Gasteiger charge is 2.39. The minimum Gasteiger partial charge on any atom is -0.495 e. The molecule has 2 aromatic heterocycles. The van der Waals surface area contributed by atoms with Crippen molar-refractivity contribution in [1.29, 1.82) is 0 Å². The molecule has 16 nitrogen and oxygen atoms in total. The Morgan fingerprint density at radius 2 is 0.976 bits per heavy atom. The Hall–Kier alpha value is -5.47. The molecule has 4 fully saturated rings. The zero-order chi connectivity index (χ0) is 59.4. The Morgan fingerprint density at radius 3 is 1.43 bits per heavy atom. The lowest BCUT2D eigenvalue weighted by atomic mass is 9.77. The summed E-state index contributed by atoms with van der Waals surface area (Å²) in [5, 5.41) is 8.81. The summed E-state index contributed by atoms with van der Waals surface area (Å²) < 4.78 is 61.7. The topological polar surface area (TPSA) is 207 Å². The monoisotopic (exact) mass is 1230 g/mol. The number of anilines is 7. The van der Waals surface area contributed by atoms with Crippen molar-refractivity contribution in [3.05, 3.63) is 124 Å². The van der Waals surface area contributed by atoms with Crippen molar-refractivity contribution < 1.29 is 26.3 Å². The van der Waals surface area contributed by atoms with Gasteiger partial charge >= 0.3 is 0 Å². The fraction of sp³-hybridized carbons (Fsp3) is 0.484. The molecule has 0 spiro atoms. The summed E-state index contributed by atoms with van der Waals surface area (Å²) in [4.78, 5) is 22.4. The van der Waals surface area contributed by atoms with E-state index in [0.29, 0.717) is 34.3 Å². The van der Waals surface area contributed by atoms with Crippen LogP contribution in [0.5, 0.6) is 11.5 Å². The van der Waals surface area contributed by atoms with E-state index in [2.05, 4.69) is 70.0 Å². The molecule has 2 saturated carbocycles. The smallest absolute Gasteiger partial charge is 0.229 e. The van der Waals surface area contributed by atoms with Gasteiger partial charge in [-0.3, -0.25) is 0 Å². The molecule has 5 N–H and O–H groups in total. The molecule has 0 unspecified atom stereocenters. The summed E-state index contributed by atoms with van der Waals surface area (Å²) in [5.74, 6) is 2.38. The number of benzene rings is 4. The van der Waals surface area contributed by atoms with Gasteiger partial charge in [0, 0.05) is 23.9 Å². The molecule has 4 heterocycles. The molecule has 4 aliphatic rings. The highest BCUT2D eigenvalue weighted by Crippen LogP contribution is 2.46. The number of nitrogens with two attached hydrogens (primary N) is 1. The predicted molar refractivity (Wildman–Crippen MR) is 338 cm³/mol. The summed E-state index contributed by atoms with van der Waals surface area (Å²) >= 11 is 18.2. The molecule has 448 valence electrons. The van der Waals surface area contributed by atoms with E-state index in [9.17, 15) is 16.8 Å². The van der Waals surface area contributed by atoms with Crippen molar-refractivity contribution in [2.75, 3.05) is 75.2 Å². The fourth-order valence-electron chi connectivity index (χ4n) is 11.9. The summed E-state index contributed by atoms with van der Waals surface area (Å²) in [6.45, 7) is 13.8. The van der Waals surface area contributed by atoms with E-state index in [-0.39, 0.29) is 36.4 Å². The summed E-state index contributed by atoms with van der Waals surface area (Å²) in [6, 6.07) is 26.2. The normalized spacial score (nSPS) is 17.2. The molecular weight excluding hydrogens is 1150 g/mol. The number of aromatic nitrogens is 4. The van der Waals surface area contributed by atoms with Crippen molar-refractivity contribution in [3.63, 3.8) is 0 Å². The second-order valence-corrected chi connectivity index (χ2v) is 28.9. The number of likely N-dealkylation sites (tertiary alicyclic amines) is 2. The van der Waals surface area contributed by atoms with Crippen molar-refractivity contribution in [2.45, 2.75) is 149 Å². The predicted octanol–water partition coefficient (Wildman–Crippen LogP) is 14.4. The molecule has 4 aromatic carbocycles. The number of hydrogen-bond acceptors (Lipinski definition) is 16. The van der Waals surface area contributed by atoms with Crippen LogP contribution >= 0.6 is 34.8 Å². The molecule has 0 bridgehead atoms. The molecule has 2 aliphatic carbocycles. The van der Waals surface area contributed by atoms with E-state index in [0.717, 1.165) is 23.7 Å².